The molecule has 1 aliphatic carbocycles. The van der Waals surface area contributed by atoms with Gasteiger partial charge in [0, 0.05) is 23.4 Å². The van der Waals surface area contributed by atoms with Crippen LogP contribution in [-0.2, 0) is 22.4 Å². The van der Waals surface area contributed by atoms with E-state index in [1.165, 1.54) is 11.3 Å². The summed E-state index contributed by atoms with van der Waals surface area (Å²) in [5.41, 5.74) is 2.19. The lowest BCUT2D eigenvalue weighted by molar-refractivity contribution is -0.138. The molecule has 1 atom stereocenters. The van der Waals surface area contributed by atoms with Crippen molar-refractivity contribution in [1.82, 2.24) is 0 Å². The van der Waals surface area contributed by atoms with Crippen LogP contribution in [0.2, 0.25) is 0 Å². The smallest absolute Gasteiger partial charge is 0.303 e. The van der Waals surface area contributed by atoms with Crippen LogP contribution in [0.3, 0.4) is 0 Å². The summed E-state index contributed by atoms with van der Waals surface area (Å²) in [4.78, 5) is 37.8. The van der Waals surface area contributed by atoms with Gasteiger partial charge >= 0.3 is 5.97 Å². The van der Waals surface area contributed by atoms with Gasteiger partial charge in [-0.05, 0) is 61.4 Å². The van der Waals surface area contributed by atoms with Crippen LogP contribution < -0.4 is 15.4 Å². The van der Waals surface area contributed by atoms with E-state index in [0.29, 0.717) is 22.0 Å². The second-order valence-electron chi connectivity index (χ2n) is 7.91. The van der Waals surface area contributed by atoms with Crippen molar-refractivity contribution in [3.05, 3.63) is 40.3 Å². The number of carboxylic acid groups (broad SMARTS) is 1. The number of carbonyl (C=O) groups excluding carboxylic acids is 2. The predicted molar refractivity (Wildman–Crippen MR) is 121 cm³/mol. The quantitative estimate of drug-likeness (QED) is 0.511. The van der Waals surface area contributed by atoms with Crippen molar-refractivity contribution in [3.63, 3.8) is 0 Å². The van der Waals surface area contributed by atoms with Crippen molar-refractivity contribution in [2.45, 2.75) is 51.9 Å². The number of methoxy groups -OCH3 is 1. The Morgan fingerprint density at radius 1 is 1.06 bits per heavy atom. The molecular formula is C23H28N2O5S. The van der Waals surface area contributed by atoms with Gasteiger partial charge in [-0.25, -0.2) is 0 Å². The van der Waals surface area contributed by atoms with E-state index < -0.39 is 5.97 Å². The molecule has 1 aromatic heterocycles. The molecule has 0 unspecified atom stereocenters. The Hall–Kier alpha value is -2.87. The highest BCUT2D eigenvalue weighted by molar-refractivity contribution is 7.17. The molecule has 0 radical (unpaired) electrons. The van der Waals surface area contributed by atoms with Crippen molar-refractivity contribution in [3.8, 4) is 5.75 Å². The fraction of sp³-hybridized carbons (Fsp3) is 0.435. The second-order valence-corrected chi connectivity index (χ2v) is 9.01. The van der Waals surface area contributed by atoms with Gasteiger partial charge in [-0.2, -0.15) is 0 Å². The lowest BCUT2D eigenvalue weighted by Gasteiger charge is -2.12. The maximum atomic E-state index is 13.2. The van der Waals surface area contributed by atoms with E-state index in [1.54, 1.807) is 38.3 Å². The molecule has 0 aliphatic heterocycles. The predicted octanol–water partition coefficient (Wildman–Crippen LogP) is 4.72. The number of amides is 2. The first-order valence-electron chi connectivity index (χ1n) is 10.5. The third kappa shape index (κ3) is 6.07. The largest absolute Gasteiger partial charge is 0.497 e. The molecule has 0 saturated carbocycles. The van der Waals surface area contributed by atoms with Gasteiger partial charge in [0.25, 0.3) is 5.91 Å². The zero-order chi connectivity index (χ0) is 22.4. The highest BCUT2D eigenvalue weighted by Gasteiger charge is 2.26. The Morgan fingerprint density at radius 2 is 1.77 bits per heavy atom. The monoisotopic (exact) mass is 444 g/mol. The van der Waals surface area contributed by atoms with E-state index in [0.717, 1.165) is 42.5 Å². The Bertz CT molecular complexity index is 952. The minimum absolute atomic E-state index is 0.0703. The van der Waals surface area contributed by atoms with Crippen LogP contribution >= 0.6 is 11.3 Å². The first-order chi connectivity index (χ1) is 14.9. The van der Waals surface area contributed by atoms with Gasteiger partial charge in [0.05, 0.1) is 12.7 Å². The van der Waals surface area contributed by atoms with Crippen molar-refractivity contribution in [1.29, 1.82) is 0 Å². The zero-order valence-corrected chi connectivity index (χ0v) is 18.6. The van der Waals surface area contributed by atoms with Crippen LogP contribution in [0.1, 0.15) is 59.8 Å². The number of aliphatic carboxylic acids is 1. The third-order valence-corrected chi connectivity index (χ3v) is 6.51. The van der Waals surface area contributed by atoms with Crippen LogP contribution in [-0.4, -0.2) is 30.0 Å². The number of rotatable bonds is 8. The van der Waals surface area contributed by atoms with Crippen molar-refractivity contribution >= 4 is 39.8 Å². The maximum absolute atomic E-state index is 13.2. The molecule has 8 heteroatoms. The second kappa shape index (κ2) is 10.4. The van der Waals surface area contributed by atoms with Crippen molar-refractivity contribution in [2.24, 2.45) is 5.92 Å². The van der Waals surface area contributed by atoms with E-state index >= 15 is 0 Å². The number of thiophene rings is 1. The molecule has 1 aromatic carbocycles. The summed E-state index contributed by atoms with van der Waals surface area (Å²) >= 11 is 1.46. The molecule has 1 aliphatic rings. The first kappa shape index (κ1) is 22.8. The van der Waals surface area contributed by atoms with Gasteiger partial charge in [-0.3, -0.25) is 14.4 Å². The standard InChI is InChI=1S/C23H28N2O5S/c1-14(13-20(27)28)12-19(26)25-23-21(17-6-4-3-5-7-18(17)31-23)22(29)24-15-8-10-16(30-2)11-9-15/h8-11,14H,3-7,12-13H2,1-2H3,(H,24,29)(H,25,26)(H,27,28)/t14-/m0/s1. The average Bonchev–Trinajstić information content (AvgIpc) is 2.88. The molecule has 3 rings (SSSR count). The molecule has 0 bridgehead atoms. The summed E-state index contributed by atoms with van der Waals surface area (Å²) < 4.78 is 5.16. The summed E-state index contributed by atoms with van der Waals surface area (Å²) in [6, 6.07) is 7.09. The number of aryl methyl sites for hydroxylation is 1. The van der Waals surface area contributed by atoms with Gasteiger partial charge in [0.1, 0.15) is 10.8 Å². The fourth-order valence-corrected chi connectivity index (χ4v) is 5.11. The Labute approximate surface area is 185 Å². The molecule has 0 spiro atoms. The summed E-state index contributed by atoms with van der Waals surface area (Å²) in [6.45, 7) is 1.73. The number of hydrogen-bond donors (Lipinski definition) is 3. The lowest BCUT2D eigenvalue weighted by atomic mass is 10.0. The van der Waals surface area contributed by atoms with Gasteiger partial charge in [0.2, 0.25) is 5.91 Å². The molecule has 0 fully saturated rings. The average molecular weight is 445 g/mol. The fourth-order valence-electron chi connectivity index (χ4n) is 3.80. The van der Waals surface area contributed by atoms with Crippen LogP contribution in [0, 0.1) is 5.92 Å². The Morgan fingerprint density at radius 3 is 2.45 bits per heavy atom. The molecule has 7 nitrogen and oxygen atoms in total. The lowest BCUT2D eigenvalue weighted by Crippen LogP contribution is -2.20. The first-order valence-corrected chi connectivity index (χ1v) is 11.3. The summed E-state index contributed by atoms with van der Waals surface area (Å²) in [6.07, 6.45) is 4.92. The molecule has 0 saturated heterocycles. The number of hydrogen-bond acceptors (Lipinski definition) is 5. The summed E-state index contributed by atoms with van der Waals surface area (Å²) in [7, 11) is 1.58. The minimum atomic E-state index is -0.928. The Kier molecular flexibility index (Phi) is 7.68. The van der Waals surface area contributed by atoms with E-state index in [9.17, 15) is 14.4 Å². The highest BCUT2D eigenvalue weighted by Crippen LogP contribution is 2.38. The zero-order valence-electron chi connectivity index (χ0n) is 17.8. The van der Waals surface area contributed by atoms with Crippen LogP contribution in [0.4, 0.5) is 10.7 Å². The molecule has 1 heterocycles. The van der Waals surface area contributed by atoms with Gasteiger partial charge in [-0.1, -0.05) is 13.3 Å². The number of carbonyl (C=O) groups is 3. The van der Waals surface area contributed by atoms with E-state index in [1.807, 2.05) is 0 Å². The molecular weight excluding hydrogens is 416 g/mol. The molecule has 3 N–H and O–H groups in total. The maximum Gasteiger partial charge on any atom is 0.303 e. The summed E-state index contributed by atoms with van der Waals surface area (Å²) in [5, 5.41) is 15.3. The Balaban J connectivity index is 1.82. The number of carboxylic acids is 1. The van der Waals surface area contributed by atoms with Crippen molar-refractivity contribution in [2.75, 3.05) is 17.7 Å². The van der Waals surface area contributed by atoms with Crippen molar-refractivity contribution < 1.29 is 24.2 Å². The topological polar surface area (TPSA) is 105 Å². The minimum Gasteiger partial charge on any atom is -0.497 e. The van der Waals surface area contributed by atoms with Gasteiger partial charge in [0.15, 0.2) is 0 Å². The van der Waals surface area contributed by atoms with Gasteiger partial charge in [-0.15, -0.1) is 11.3 Å². The third-order valence-electron chi connectivity index (χ3n) is 5.31. The van der Waals surface area contributed by atoms with Crippen LogP contribution in [0.15, 0.2) is 24.3 Å². The number of nitrogens with one attached hydrogen (secondary N) is 2. The van der Waals surface area contributed by atoms with E-state index in [4.69, 9.17) is 9.84 Å². The van der Waals surface area contributed by atoms with E-state index in [-0.39, 0.29) is 30.6 Å². The summed E-state index contributed by atoms with van der Waals surface area (Å²) in [5.74, 6) is -1.04. The normalized spacial score (nSPS) is 14.1. The SMILES string of the molecule is COc1ccc(NC(=O)c2c(NC(=O)C[C@H](C)CC(=O)O)sc3c2CCCCC3)cc1. The molecule has 166 valence electrons. The number of fused-ring (bicyclic) bond motifs is 1. The molecule has 2 aromatic rings. The van der Waals surface area contributed by atoms with Gasteiger partial charge < -0.3 is 20.5 Å². The highest BCUT2D eigenvalue weighted by atomic mass is 32.1. The molecule has 31 heavy (non-hydrogen) atoms. The van der Waals surface area contributed by atoms with E-state index in [2.05, 4.69) is 10.6 Å². The van der Waals surface area contributed by atoms with Crippen LogP contribution in [0.5, 0.6) is 5.75 Å². The number of anilines is 2. The number of ether oxygens (including phenoxy) is 1. The molecule has 2 amide bonds. The van der Waals surface area contributed by atoms with Crippen LogP contribution in [0.25, 0.3) is 0 Å². The number of benzene rings is 1.